The number of rotatable bonds is 63. The van der Waals surface area contributed by atoms with Gasteiger partial charge in [0.15, 0.2) is 6.10 Å². The lowest BCUT2D eigenvalue weighted by Gasteiger charge is -2.28. The summed E-state index contributed by atoms with van der Waals surface area (Å²) < 4.78 is 34.3. The van der Waals surface area contributed by atoms with Crippen LogP contribution in [0.4, 0.5) is 0 Å². The van der Waals surface area contributed by atoms with Crippen LogP contribution in [0.25, 0.3) is 0 Å². The predicted octanol–water partition coefficient (Wildman–Crippen LogP) is 21.9. The molecule has 0 aromatic rings. The molecule has 0 heterocycles. The summed E-state index contributed by atoms with van der Waals surface area (Å²) in [6.07, 6.45) is 90.2. The topological polar surface area (TPSA) is 111 Å². The van der Waals surface area contributed by atoms with Crippen LogP contribution in [-0.4, -0.2) is 70.0 Å². The molecule has 0 fully saturated rings. The number of hydrogen-bond acceptors (Lipinski definition) is 8. The summed E-state index contributed by atoms with van der Waals surface area (Å²) in [5.41, 5.74) is 0. The number of nitrogens with zero attached hydrogens (tertiary/aromatic N) is 1. The molecule has 0 saturated heterocycles. The number of carbonyl (C=O) groups excluding carboxylic acids is 2. The van der Waals surface area contributed by atoms with Crippen molar-refractivity contribution < 1.29 is 42.1 Å². The molecule has 84 heavy (non-hydrogen) atoms. The molecule has 2 unspecified atom stereocenters. The van der Waals surface area contributed by atoms with Gasteiger partial charge in [-0.3, -0.25) is 14.2 Å². The Kier molecular flexibility index (Phi) is 61.6. The van der Waals surface area contributed by atoms with E-state index >= 15 is 0 Å². The lowest BCUT2D eigenvalue weighted by molar-refractivity contribution is -0.870. The largest absolute Gasteiger partial charge is 0.756 e. The summed E-state index contributed by atoms with van der Waals surface area (Å²) in [6.45, 7) is 4.13. The molecule has 0 N–H and O–H groups in total. The number of hydrogen-bond donors (Lipinski definition) is 0. The van der Waals surface area contributed by atoms with Crippen LogP contribution < -0.4 is 4.89 Å². The fourth-order valence-corrected chi connectivity index (χ4v) is 10.3. The standard InChI is InChI=1S/C74H130NO8P/c1-6-8-10-12-14-16-18-20-22-24-26-28-30-32-34-35-36-37-38-39-41-43-45-47-49-51-53-55-57-59-61-63-65-67-74(77)83-72(71-82-84(78,79)81-69-68-75(3,4)5)70-80-73(76)66-64-62-60-58-56-54-52-50-48-46-44-42-40-33-31-29-27-25-23-21-19-17-15-13-11-9-7-2/h8,10,14,16,20,22,26,28,32,34,36-37,39,41,45,47,51,53,72H,6-7,9,11-13,15,17-19,21,23-25,27,29-31,33,35,38,40,42-44,46,48-50,52,54-71H2,1-5H3/b10-8-,16-14-,22-20-,28-26-,34-32-,37-36-,41-39-,47-45-,53-51-. The third kappa shape index (κ3) is 67.8. The van der Waals surface area contributed by atoms with Gasteiger partial charge in [0.25, 0.3) is 7.82 Å². The van der Waals surface area contributed by atoms with Crippen LogP contribution in [0.1, 0.15) is 296 Å². The Labute approximate surface area is 518 Å². The minimum Gasteiger partial charge on any atom is -0.756 e. The maximum absolute atomic E-state index is 12.9. The number of phosphoric ester groups is 1. The van der Waals surface area contributed by atoms with E-state index in [4.69, 9.17) is 18.5 Å². The van der Waals surface area contributed by atoms with Crippen molar-refractivity contribution in [3.8, 4) is 0 Å². The van der Waals surface area contributed by atoms with Gasteiger partial charge in [0, 0.05) is 12.8 Å². The van der Waals surface area contributed by atoms with E-state index in [-0.39, 0.29) is 32.0 Å². The molecule has 0 aliphatic carbocycles. The van der Waals surface area contributed by atoms with Crippen LogP contribution in [0, 0.1) is 0 Å². The lowest BCUT2D eigenvalue weighted by Crippen LogP contribution is -2.37. The number of phosphoric acid groups is 1. The lowest BCUT2D eigenvalue weighted by atomic mass is 10.0. The van der Waals surface area contributed by atoms with Crippen LogP contribution in [0.15, 0.2) is 109 Å². The molecule has 9 nitrogen and oxygen atoms in total. The number of allylic oxidation sites excluding steroid dienone is 18. The Morgan fingerprint density at radius 2 is 0.679 bits per heavy atom. The SMILES string of the molecule is CC/C=C\C/C=C\C/C=C\C/C=C\C/C=C\C/C=C\C/C=C\C/C=C\C/C=C\CCCCCCCC(=O)OC(COC(=O)CCCCCCCCCCCCCCCCCCCCCCCCCCCCC)COP(=O)([O-])OCC[N+](C)(C)C. The maximum Gasteiger partial charge on any atom is 0.306 e. The highest BCUT2D eigenvalue weighted by atomic mass is 31.2. The molecule has 0 aliphatic heterocycles. The summed E-state index contributed by atoms with van der Waals surface area (Å²) in [6, 6.07) is 0. The van der Waals surface area contributed by atoms with Crippen LogP contribution in [0.3, 0.4) is 0 Å². The van der Waals surface area contributed by atoms with Crippen molar-refractivity contribution >= 4 is 19.8 Å². The zero-order valence-corrected chi connectivity index (χ0v) is 56.0. The Hall–Kier alpha value is -3.33. The van der Waals surface area contributed by atoms with Crippen molar-refractivity contribution in [3.05, 3.63) is 109 Å². The number of likely N-dealkylation sites (N-methyl/N-ethyl adjacent to an activating group) is 1. The minimum atomic E-state index is -4.65. The fraction of sp³-hybridized carbons (Fsp3) is 0.730. The Bertz CT molecular complexity index is 1790. The maximum atomic E-state index is 12.9. The van der Waals surface area contributed by atoms with Gasteiger partial charge in [-0.25, -0.2) is 0 Å². The zero-order chi connectivity index (χ0) is 61.2. The average molecular weight is 1190 g/mol. The van der Waals surface area contributed by atoms with Gasteiger partial charge in [0.2, 0.25) is 0 Å². The quantitative estimate of drug-likeness (QED) is 0.0195. The second-order valence-corrected chi connectivity index (χ2v) is 25.6. The molecule has 10 heteroatoms. The molecule has 2 atom stereocenters. The smallest absolute Gasteiger partial charge is 0.306 e. The molecule has 0 amide bonds. The first-order chi connectivity index (χ1) is 41.0. The first-order valence-electron chi connectivity index (χ1n) is 34.6. The van der Waals surface area contributed by atoms with Crippen molar-refractivity contribution in [2.75, 3.05) is 47.5 Å². The molecule has 0 rings (SSSR count). The van der Waals surface area contributed by atoms with E-state index in [1.165, 1.54) is 154 Å². The van der Waals surface area contributed by atoms with Gasteiger partial charge in [-0.1, -0.05) is 309 Å². The van der Waals surface area contributed by atoms with E-state index in [0.29, 0.717) is 17.4 Å². The van der Waals surface area contributed by atoms with Crippen molar-refractivity contribution in [3.63, 3.8) is 0 Å². The van der Waals surface area contributed by atoms with Crippen molar-refractivity contribution in [1.82, 2.24) is 0 Å². The molecule has 0 saturated carbocycles. The van der Waals surface area contributed by atoms with Crippen molar-refractivity contribution in [2.45, 2.75) is 302 Å². The monoisotopic (exact) mass is 1190 g/mol. The Morgan fingerprint density at radius 3 is 1.01 bits per heavy atom. The van der Waals surface area contributed by atoms with E-state index < -0.39 is 26.5 Å². The van der Waals surface area contributed by atoms with Gasteiger partial charge in [-0.15, -0.1) is 0 Å². The molecule has 0 aromatic heterocycles. The van der Waals surface area contributed by atoms with Gasteiger partial charge < -0.3 is 27.9 Å². The minimum absolute atomic E-state index is 0.0389. The van der Waals surface area contributed by atoms with Gasteiger partial charge in [0.1, 0.15) is 19.8 Å². The van der Waals surface area contributed by atoms with Gasteiger partial charge in [0.05, 0.1) is 27.7 Å². The van der Waals surface area contributed by atoms with Crippen LogP contribution in [-0.2, 0) is 32.7 Å². The van der Waals surface area contributed by atoms with Crippen molar-refractivity contribution in [1.29, 1.82) is 0 Å². The molecule has 0 radical (unpaired) electrons. The molecule has 484 valence electrons. The molecular weight excluding hydrogens is 1060 g/mol. The predicted molar refractivity (Wildman–Crippen MR) is 360 cm³/mol. The normalized spacial score (nSPS) is 13.8. The number of esters is 2. The summed E-state index contributed by atoms with van der Waals surface area (Å²) in [7, 11) is 1.15. The molecule has 0 bridgehead atoms. The number of quaternary nitrogens is 1. The number of ether oxygens (including phenoxy) is 2. The van der Waals surface area contributed by atoms with Gasteiger partial charge >= 0.3 is 11.9 Å². The average Bonchev–Trinajstić information content (AvgIpc) is 3.61. The van der Waals surface area contributed by atoms with Crippen LogP contribution >= 0.6 is 7.82 Å². The van der Waals surface area contributed by atoms with Crippen molar-refractivity contribution in [2.24, 2.45) is 0 Å². The first-order valence-corrected chi connectivity index (χ1v) is 36.1. The van der Waals surface area contributed by atoms with Gasteiger partial charge in [-0.2, -0.15) is 0 Å². The summed E-state index contributed by atoms with van der Waals surface area (Å²) >= 11 is 0. The Morgan fingerprint density at radius 1 is 0.381 bits per heavy atom. The first kappa shape index (κ1) is 80.7. The van der Waals surface area contributed by atoms with E-state index in [0.717, 1.165) is 109 Å². The van der Waals surface area contributed by atoms with E-state index in [1.807, 2.05) is 21.1 Å². The van der Waals surface area contributed by atoms with E-state index in [9.17, 15) is 19.0 Å². The molecule has 0 spiro atoms. The fourth-order valence-electron chi connectivity index (χ4n) is 9.53. The van der Waals surface area contributed by atoms with E-state index in [1.54, 1.807) is 0 Å². The highest BCUT2D eigenvalue weighted by Gasteiger charge is 2.22. The van der Waals surface area contributed by atoms with Crippen LogP contribution in [0.5, 0.6) is 0 Å². The third-order valence-corrected chi connectivity index (χ3v) is 15.8. The summed E-state index contributed by atoms with van der Waals surface area (Å²) in [5.74, 6) is -0.851. The summed E-state index contributed by atoms with van der Waals surface area (Å²) in [5, 5.41) is 0. The second-order valence-electron chi connectivity index (χ2n) is 24.2. The number of carbonyl (C=O) groups is 2. The second kappa shape index (κ2) is 64.2. The molecule has 0 aliphatic rings. The summed E-state index contributed by atoms with van der Waals surface area (Å²) in [4.78, 5) is 38.0. The van der Waals surface area contributed by atoms with E-state index in [2.05, 4.69) is 123 Å². The molecular formula is C74H130NO8P. The highest BCUT2D eigenvalue weighted by molar-refractivity contribution is 7.45. The number of unbranched alkanes of at least 4 members (excludes halogenated alkanes) is 31. The molecule has 0 aromatic carbocycles. The highest BCUT2D eigenvalue weighted by Crippen LogP contribution is 2.38. The van der Waals surface area contributed by atoms with Gasteiger partial charge in [-0.05, 0) is 83.5 Å². The third-order valence-electron chi connectivity index (χ3n) is 14.8. The Balaban J connectivity index is 4.14. The van der Waals surface area contributed by atoms with Crippen LogP contribution in [0.2, 0.25) is 0 Å². The zero-order valence-electron chi connectivity index (χ0n) is 55.1.